The topological polar surface area (TPSA) is 73.7 Å². The second-order valence-electron chi connectivity index (χ2n) is 5.17. The van der Waals surface area contributed by atoms with Crippen molar-refractivity contribution >= 4 is 61.3 Å². The average Bonchev–Trinajstić information content (AvgIpc) is 2.58. The first-order valence-corrected chi connectivity index (χ1v) is 9.15. The number of phenols is 1. The van der Waals surface area contributed by atoms with Crippen LogP contribution in [0.4, 0.5) is 18.9 Å². The Morgan fingerprint density at radius 2 is 1.85 bits per heavy atom. The van der Waals surface area contributed by atoms with Gasteiger partial charge in [-0.2, -0.15) is 13.2 Å². The molecule has 5 nitrogen and oxygen atoms in total. The van der Waals surface area contributed by atoms with Gasteiger partial charge in [-0.25, -0.2) is 5.43 Å². The number of amides is 1. The monoisotopic (exact) mass is 527 g/mol. The number of hydrogen-bond acceptors (Lipinski definition) is 4. The van der Waals surface area contributed by atoms with Gasteiger partial charge in [0.25, 0.3) is 5.91 Å². The number of phenolic OH excluding ortho intramolecular Hbond substituents is 1. The van der Waals surface area contributed by atoms with E-state index in [2.05, 4.69) is 47.7 Å². The molecule has 0 aliphatic carbocycles. The van der Waals surface area contributed by atoms with Crippen molar-refractivity contribution in [3.8, 4) is 5.75 Å². The average molecular weight is 530 g/mol. The fraction of sp³-hybridized carbons (Fsp3) is 0.125. The molecular formula is C16H11Br2ClF3N3O2. The molecule has 0 saturated carbocycles. The van der Waals surface area contributed by atoms with Gasteiger partial charge in [-0.1, -0.05) is 11.6 Å². The lowest BCUT2D eigenvalue weighted by molar-refractivity contribution is -0.137. The van der Waals surface area contributed by atoms with Gasteiger partial charge in [-0.05, 0) is 67.8 Å². The molecule has 2 rings (SSSR count). The van der Waals surface area contributed by atoms with Gasteiger partial charge in [0.05, 0.1) is 31.4 Å². The van der Waals surface area contributed by atoms with Crippen LogP contribution in [-0.4, -0.2) is 17.2 Å². The molecule has 0 radical (unpaired) electrons. The number of nitrogens with one attached hydrogen (secondary N) is 2. The second kappa shape index (κ2) is 9.05. The number of alkyl halides is 3. The molecule has 0 aromatic heterocycles. The van der Waals surface area contributed by atoms with Crippen molar-refractivity contribution in [3.05, 3.63) is 55.4 Å². The molecule has 11 heteroatoms. The minimum Gasteiger partial charge on any atom is -0.506 e. The number of carbonyl (C=O) groups is 1. The fourth-order valence-electron chi connectivity index (χ4n) is 1.93. The number of aromatic hydroxyl groups is 1. The summed E-state index contributed by atoms with van der Waals surface area (Å²) in [6.07, 6.45) is -3.77. The first-order valence-electron chi connectivity index (χ1n) is 7.18. The van der Waals surface area contributed by atoms with Gasteiger partial charge in [-0.15, -0.1) is 0 Å². The highest BCUT2D eigenvalue weighted by Crippen LogP contribution is 2.36. The van der Waals surface area contributed by atoms with Crippen LogP contribution >= 0.6 is 43.5 Å². The summed E-state index contributed by atoms with van der Waals surface area (Å²) in [4.78, 5) is 15.4. The van der Waals surface area contributed by atoms with Gasteiger partial charge in [0, 0.05) is 6.54 Å². The Labute approximate surface area is 173 Å². The maximum absolute atomic E-state index is 12.8. The van der Waals surface area contributed by atoms with E-state index >= 15 is 0 Å². The molecule has 3 N–H and O–H groups in total. The molecule has 144 valence electrons. The SMILES string of the molecule is O=C(C=Nc1ccc(Cl)c(C(F)(F)F)c1)NNCc1cc(Br)c(O)c(Br)c1. The Bertz CT molecular complexity index is 869. The van der Waals surface area contributed by atoms with Crippen LogP contribution in [0.1, 0.15) is 11.1 Å². The Kier molecular flexibility index (Phi) is 7.26. The zero-order valence-corrected chi connectivity index (χ0v) is 17.2. The van der Waals surface area contributed by atoms with E-state index in [0.717, 1.165) is 23.9 Å². The van der Waals surface area contributed by atoms with Crippen LogP contribution in [0.3, 0.4) is 0 Å². The summed E-state index contributed by atoms with van der Waals surface area (Å²) in [7, 11) is 0. The van der Waals surface area contributed by atoms with Crippen LogP contribution in [0, 0.1) is 0 Å². The molecule has 1 amide bonds. The molecule has 0 aliphatic heterocycles. The Morgan fingerprint density at radius 1 is 1.22 bits per heavy atom. The van der Waals surface area contributed by atoms with E-state index in [1.165, 1.54) is 6.07 Å². The van der Waals surface area contributed by atoms with Crippen LogP contribution in [-0.2, 0) is 17.5 Å². The van der Waals surface area contributed by atoms with E-state index in [1.54, 1.807) is 12.1 Å². The summed E-state index contributed by atoms with van der Waals surface area (Å²) in [5.41, 5.74) is 4.63. The van der Waals surface area contributed by atoms with Crippen molar-refractivity contribution in [2.75, 3.05) is 0 Å². The number of rotatable bonds is 5. The minimum absolute atomic E-state index is 0.0520. The summed E-state index contributed by atoms with van der Waals surface area (Å²) >= 11 is 11.9. The quantitative estimate of drug-likeness (QED) is 0.372. The molecule has 0 aliphatic rings. The highest BCUT2D eigenvalue weighted by Gasteiger charge is 2.33. The molecule has 2 aromatic rings. The van der Waals surface area contributed by atoms with Gasteiger partial charge in [-0.3, -0.25) is 15.2 Å². The van der Waals surface area contributed by atoms with Crippen molar-refractivity contribution in [1.29, 1.82) is 0 Å². The number of hydrazine groups is 1. The molecular weight excluding hydrogens is 518 g/mol. The van der Waals surface area contributed by atoms with Gasteiger partial charge in [0.2, 0.25) is 0 Å². The van der Waals surface area contributed by atoms with Gasteiger partial charge in [0.1, 0.15) is 5.75 Å². The van der Waals surface area contributed by atoms with E-state index in [-0.39, 0.29) is 18.0 Å². The van der Waals surface area contributed by atoms with E-state index in [9.17, 15) is 23.1 Å². The summed E-state index contributed by atoms with van der Waals surface area (Å²) < 4.78 is 39.3. The third kappa shape index (κ3) is 6.20. The Hall–Kier alpha value is -1.62. The third-order valence-electron chi connectivity index (χ3n) is 3.17. The van der Waals surface area contributed by atoms with Crippen molar-refractivity contribution < 1.29 is 23.1 Å². The standard InChI is InChI=1S/C16H11Br2ClF3N3O2/c17-11-3-8(4-12(18)15(11)27)6-24-25-14(26)7-23-9-1-2-13(19)10(5-9)16(20,21)22/h1-5,7,24,27H,6H2,(H,25,26). The maximum Gasteiger partial charge on any atom is 0.417 e. The summed E-state index contributed by atoms with van der Waals surface area (Å²) in [5.74, 6) is -0.605. The first-order chi connectivity index (χ1) is 12.6. The van der Waals surface area contributed by atoms with E-state index in [1.807, 2.05) is 0 Å². The van der Waals surface area contributed by atoms with Crippen LogP contribution < -0.4 is 10.9 Å². The van der Waals surface area contributed by atoms with Crippen molar-refractivity contribution in [2.45, 2.75) is 12.7 Å². The molecule has 0 unspecified atom stereocenters. The lowest BCUT2D eigenvalue weighted by atomic mass is 10.2. The van der Waals surface area contributed by atoms with Crippen molar-refractivity contribution in [2.24, 2.45) is 4.99 Å². The number of halogens is 6. The van der Waals surface area contributed by atoms with Crippen molar-refractivity contribution in [1.82, 2.24) is 10.9 Å². The summed E-state index contributed by atoms with van der Waals surface area (Å²) in [6.45, 7) is 0.232. The van der Waals surface area contributed by atoms with Gasteiger partial charge < -0.3 is 5.11 Å². The molecule has 27 heavy (non-hydrogen) atoms. The normalized spacial score (nSPS) is 11.8. The zero-order chi connectivity index (χ0) is 20.2. The molecule has 0 spiro atoms. The van der Waals surface area contributed by atoms with Crippen LogP contribution in [0.15, 0.2) is 44.3 Å². The number of nitrogens with zero attached hydrogens (tertiary/aromatic N) is 1. The highest BCUT2D eigenvalue weighted by atomic mass is 79.9. The van der Waals surface area contributed by atoms with Gasteiger partial charge in [0.15, 0.2) is 0 Å². The Balaban J connectivity index is 1.94. The number of carbonyl (C=O) groups excluding carboxylic acids is 1. The lowest BCUT2D eigenvalue weighted by Crippen LogP contribution is -2.37. The van der Waals surface area contributed by atoms with E-state index in [0.29, 0.717) is 8.95 Å². The third-order valence-corrected chi connectivity index (χ3v) is 4.71. The molecule has 0 heterocycles. The van der Waals surface area contributed by atoms with Crippen LogP contribution in [0.5, 0.6) is 5.75 Å². The molecule has 0 saturated heterocycles. The van der Waals surface area contributed by atoms with Crippen LogP contribution in [0.2, 0.25) is 5.02 Å². The molecule has 0 bridgehead atoms. The number of hydrogen-bond donors (Lipinski definition) is 3. The molecule has 0 atom stereocenters. The van der Waals surface area contributed by atoms with Crippen LogP contribution in [0.25, 0.3) is 0 Å². The van der Waals surface area contributed by atoms with Gasteiger partial charge >= 0.3 is 6.18 Å². The largest absolute Gasteiger partial charge is 0.506 e. The highest BCUT2D eigenvalue weighted by molar-refractivity contribution is 9.11. The maximum atomic E-state index is 12.8. The first kappa shape index (κ1) is 21.7. The molecule has 0 fully saturated rings. The second-order valence-corrected chi connectivity index (χ2v) is 7.29. The minimum atomic E-state index is -4.61. The number of benzene rings is 2. The molecule has 2 aromatic carbocycles. The smallest absolute Gasteiger partial charge is 0.417 e. The predicted molar refractivity (Wildman–Crippen MR) is 103 cm³/mol. The number of aliphatic imine (C=N–C) groups is 1. The lowest BCUT2D eigenvalue weighted by Gasteiger charge is -2.09. The zero-order valence-electron chi connectivity index (χ0n) is 13.2. The summed E-state index contributed by atoms with van der Waals surface area (Å²) in [5, 5.41) is 9.18. The fourth-order valence-corrected chi connectivity index (χ4v) is 3.44. The Morgan fingerprint density at radius 3 is 2.44 bits per heavy atom. The summed E-state index contributed by atoms with van der Waals surface area (Å²) in [6, 6.07) is 6.39. The van der Waals surface area contributed by atoms with Crippen molar-refractivity contribution in [3.63, 3.8) is 0 Å². The predicted octanol–water partition coefficient (Wildman–Crippen LogP) is 5.11. The van der Waals surface area contributed by atoms with E-state index in [4.69, 9.17) is 11.6 Å². The van der Waals surface area contributed by atoms with E-state index < -0.39 is 22.7 Å².